The van der Waals surface area contributed by atoms with Crippen LogP contribution in [0.3, 0.4) is 0 Å². The monoisotopic (exact) mass is 329 g/mol. The molecule has 128 valence electrons. The second-order valence-corrected chi connectivity index (χ2v) is 6.95. The standard InChI is InChI=1S/C18H23N3O3/c1-12-7-5-6-8-14(12)16(18(2,3)4)20-15(22)11-21-10-13(9-19-21)17(23)24/h5-10,16H,11H2,1-4H3,(H,20,22)(H,23,24). The molecule has 24 heavy (non-hydrogen) atoms. The van der Waals surface area contributed by atoms with E-state index in [-0.39, 0.29) is 29.5 Å². The van der Waals surface area contributed by atoms with Gasteiger partial charge >= 0.3 is 5.97 Å². The Hall–Kier alpha value is -2.63. The van der Waals surface area contributed by atoms with Gasteiger partial charge in [0, 0.05) is 6.20 Å². The second-order valence-electron chi connectivity index (χ2n) is 6.95. The average Bonchev–Trinajstić information content (AvgIpc) is 2.93. The van der Waals surface area contributed by atoms with Crippen LogP contribution in [0.2, 0.25) is 0 Å². The number of nitrogens with one attached hydrogen (secondary N) is 1. The first-order chi connectivity index (χ1) is 11.2. The Morgan fingerprint density at radius 1 is 1.29 bits per heavy atom. The maximum atomic E-state index is 12.4. The molecule has 1 aromatic carbocycles. The molecule has 0 saturated heterocycles. The largest absolute Gasteiger partial charge is 0.478 e. The Balaban J connectivity index is 2.16. The van der Waals surface area contributed by atoms with E-state index in [1.54, 1.807) is 0 Å². The highest BCUT2D eigenvalue weighted by Crippen LogP contribution is 2.34. The van der Waals surface area contributed by atoms with Crippen LogP contribution in [-0.2, 0) is 11.3 Å². The van der Waals surface area contributed by atoms with Crippen molar-refractivity contribution in [2.75, 3.05) is 0 Å². The zero-order valence-corrected chi connectivity index (χ0v) is 14.4. The van der Waals surface area contributed by atoms with Crippen LogP contribution >= 0.6 is 0 Å². The predicted octanol–water partition coefficient (Wildman–Crippen LogP) is 2.79. The van der Waals surface area contributed by atoms with Gasteiger partial charge in [-0.15, -0.1) is 0 Å². The molecule has 0 spiro atoms. The van der Waals surface area contributed by atoms with E-state index in [0.29, 0.717) is 0 Å². The van der Waals surface area contributed by atoms with Gasteiger partial charge in [-0.3, -0.25) is 9.48 Å². The van der Waals surface area contributed by atoms with E-state index >= 15 is 0 Å². The van der Waals surface area contributed by atoms with Gasteiger partial charge in [0.1, 0.15) is 6.54 Å². The van der Waals surface area contributed by atoms with E-state index in [1.165, 1.54) is 17.1 Å². The van der Waals surface area contributed by atoms with Crippen molar-refractivity contribution in [1.82, 2.24) is 15.1 Å². The number of benzene rings is 1. The number of hydrogen-bond donors (Lipinski definition) is 2. The van der Waals surface area contributed by atoms with Crippen LogP contribution in [0.5, 0.6) is 0 Å². The summed E-state index contributed by atoms with van der Waals surface area (Å²) in [5.41, 5.74) is 2.09. The molecule has 2 N–H and O–H groups in total. The van der Waals surface area contributed by atoms with Gasteiger partial charge in [0.15, 0.2) is 0 Å². The van der Waals surface area contributed by atoms with E-state index in [1.807, 2.05) is 31.2 Å². The van der Waals surface area contributed by atoms with Gasteiger partial charge in [-0.2, -0.15) is 5.10 Å². The molecule has 0 aliphatic carbocycles. The van der Waals surface area contributed by atoms with Gasteiger partial charge in [-0.1, -0.05) is 45.0 Å². The molecule has 1 unspecified atom stereocenters. The Bertz CT molecular complexity index is 744. The molecule has 0 saturated carbocycles. The highest BCUT2D eigenvalue weighted by atomic mass is 16.4. The van der Waals surface area contributed by atoms with E-state index in [4.69, 9.17) is 5.11 Å². The molecule has 1 atom stereocenters. The third kappa shape index (κ3) is 4.22. The van der Waals surface area contributed by atoms with Crippen LogP contribution in [0.15, 0.2) is 36.7 Å². The maximum absolute atomic E-state index is 12.4. The van der Waals surface area contributed by atoms with Gasteiger partial charge in [-0.05, 0) is 23.5 Å². The molecule has 0 bridgehead atoms. The molecule has 6 nitrogen and oxygen atoms in total. The summed E-state index contributed by atoms with van der Waals surface area (Å²) >= 11 is 0. The molecule has 0 fully saturated rings. The van der Waals surface area contributed by atoms with Gasteiger partial charge in [0.05, 0.1) is 17.8 Å². The lowest BCUT2D eigenvalue weighted by molar-refractivity contribution is -0.123. The van der Waals surface area contributed by atoms with Crippen molar-refractivity contribution >= 4 is 11.9 Å². The molecular formula is C18H23N3O3. The summed E-state index contributed by atoms with van der Waals surface area (Å²) in [6.07, 6.45) is 2.58. The van der Waals surface area contributed by atoms with Crippen molar-refractivity contribution < 1.29 is 14.7 Å². The molecule has 2 rings (SSSR count). The zero-order chi connectivity index (χ0) is 17.9. The van der Waals surface area contributed by atoms with Crippen LogP contribution in [0.25, 0.3) is 0 Å². The quantitative estimate of drug-likeness (QED) is 0.883. The Morgan fingerprint density at radius 2 is 1.96 bits per heavy atom. The number of carbonyl (C=O) groups is 2. The van der Waals surface area contributed by atoms with Crippen molar-refractivity contribution in [1.29, 1.82) is 0 Å². The summed E-state index contributed by atoms with van der Waals surface area (Å²) in [7, 11) is 0. The third-order valence-corrected chi connectivity index (χ3v) is 3.86. The smallest absolute Gasteiger partial charge is 0.338 e. The van der Waals surface area contributed by atoms with Crippen LogP contribution in [0, 0.1) is 12.3 Å². The van der Waals surface area contributed by atoms with Gasteiger partial charge in [0.2, 0.25) is 5.91 Å². The summed E-state index contributed by atoms with van der Waals surface area (Å²) < 4.78 is 1.33. The Labute approximate surface area is 141 Å². The fourth-order valence-corrected chi connectivity index (χ4v) is 2.59. The van der Waals surface area contributed by atoms with E-state index in [9.17, 15) is 9.59 Å². The minimum Gasteiger partial charge on any atom is -0.478 e. The number of carboxylic acid groups (broad SMARTS) is 1. The SMILES string of the molecule is Cc1ccccc1C(NC(=O)Cn1cc(C(=O)O)cn1)C(C)(C)C. The molecule has 1 amide bonds. The Kier molecular flexibility index (Phi) is 5.07. The molecule has 0 radical (unpaired) electrons. The summed E-state index contributed by atoms with van der Waals surface area (Å²) in [5.74, 6) is -1.27. The highest BCUT2D eigenvalue weighted by molar-refractivity contribution is 5.87. The van der Waals surface area contributed by atoms with Crippen LogP contribution < -0.4 is 5.32 Å². The first-order valence-electron chi connectivity index (χ1n) is 7.79. The highest BCUT2D eigenvalue weighted by Gasteiger charge is 2.28. The van der Waals surface area contributed by atoms with Crippen molar-refractivity contribution in [3.8, 4) is 0 Å². The molecule has 6 heteroatoms. The number of hydrogen-bond acceptors (Lipinski definition) is 3. The molecule has 0 aliphatic heterocycles. The molecule has 1 aromatic heterocycles. The lowest BCUT2D eigenvalue weighted by Gasteiger charge is -2.33. The third-order valence-electron chi connectivity index (χ3n) is 3.86. The number of aromatic nitrogens is 2. The van der Waals surface area contributed by atoms with Crippen molar-refractivity contribution in [3.05, 3.63) is 53.3 Å². The van der Waals surface area contributed by atoms with E-state index < -0.39 is 5.97 Å². The molecule has 1 heterocycles. The lowest BCUT2D eigenvalue weighted by atomic mass is 9.81. The minimum absolute atomic E-state index is 0.0221. The van der Waals surface area contributed by atoms with E-state index in [0.717, 1.165) is 11.1 Å². The van der Waals surface area contributed by atoms with Crippen LogP contribution in [-0.4, -0.2) is 26.8 Å². The van der Waals surface area contributed by atoms with Crippen molar-refractivity contribution in [3.63, 3.8) is 0 Å². The van der Waals surface area contributed by atoms with Crippen molar-refractivity contribution in [2.24, 2.45) is 5.41 Å². The number of aromatic carboxylic acids is 1. The molecule has 0 aliphatic rings. The maximum Gasteiger partial charge on any atom is 0.338 e. The predicted molar refractivity (Wildman–Crippen MR) is 90.7 cm³/mol. The number of amides is 1. The van der Waals surface area contributed by atoms with Crippen LogP contribution in [0.1, 0.15) is 48.3 Å². The van der Waals surface area contributed by atoms with Crippen molar-refractivity contribution in [2.45, 2.75) is 40.3 Å². The van der Waals surface area contributed by atoms with E-state index in [2.05, 4.69) is 31.2 Å². The minimum atomic E-state index is -1.06. The summed E-state index contributed by atoms with van der Waals surface area (Å²) in [6.45, 7) is 8.21. The number of carbonyl (C=O) groups excluding carboxylic acids is 1. The first kappa shape index (κ1) is 17.7. The fraction of sp³-hybridized carbons (Fsp3) is 0.389. The van der Waals surface area contributed by atoms with Gasteiger partial charge < -0.3 is 10.4 Å². The first-order valence-corrected chi connectivity index (χ1v) is 7.79. The van der Waals surface area contributed by atoms with Gasteiger partial charge in [0.25, 0.3) is 0 Å². The summed E-state index contributed by atoms with van der Waals surface area (Å²) in [5, 5.41) is 15.9. The Morgan fingerprint density at radius 3 is 2.50 bits per heavy atom. The summed E-state index contributed by atoms with van der Waals surface area (Å²) in [4.78, 5) is 23.3. The lowest BCUT2D eigenvalue weighted by Crippen LogP contribution is -2.38. The average molecular weight is 329 g/mol. The fourth-order valence-electron chi connectivity index (χ4n) is 2.59. The number of aryl methyl sites for hydroxylation is 1. The second kappa shape index (κ2) is 6.86. The van der Waals surface area contributed by atoms with Gasteiger partial charge in [-0.25, -0.2) is 4.79 Å². The number of rotatable bonds is 5. The zero-order valence-electron chi connectivity index (χ0n) is 14.4. The normalized spacial score (nSPS) is 12.7. The van der Waals surface area contributed by atoms with Crippen LogP contribution in [0.4, 0.5) is 0 Å². The number of nitrogens with zero attached hydrogens (tertiary/aromatic N) is 2. The summed E-state index contributed by atoms with van der Waals surface area (Å²) in [6, 6.07) is 7.81. The molecular weight excluding hydrogens is 306 g/mol. The molecule has 2 aromatic rings. The topological polar surface area (TPSA) is 84.2 Å². The number of carboxylic acids is 1.